The number of nitrogens with one attached hydrogen (secondary N) is 1. The summed E-state index contributed by atoms with van der Waals surface area (Å²) in [6, 6.07) is 0. The molecule has 0 aliphatic heterocycles. The van der Waals surface area contributed by atoms with Crippen LogP contribution in [0.15, 0.2) is 36.3 Å². The number of likely N-dealkylation sites (N-methyl/N-ethyl adjacent to an activating group) is 1. The third kappa shape index (κ3) is 9.16. The highest BCUT2D eigenvalue weighted by Gasteiger charge is 2.00. The molecular formula is C10H18ClNO2. The number of rotatable bonds is 6. The molecular weight excluding hydrogens is 202 g/mol. The maximum Gasteiger partial charge on any atom is 0.0891 e. The summed E-state index contributed by atoms with van der Waals surface area (Å²) >= 11 is 0. The monoisotopic (exact) mass is 219 g/mol. The van der Waals surface area contributed by atoms with Gasteiger partial charge in [-0.15, -0.1) is 12.4 Å². The Morgan fingerprint density at radius 1 is 1.21 bits per heavy atom. The summed E-state index contributed by atoms with van der Waals surface area (Å²) in [4.78, 5) is 0. The molecule has 0 atom stereocenters. The van der Waals surface area contributed by atoms with Crippen molar-refractivity contribution in [3.8, 4) is 0 Å². The molecule has 0 fully saturated rings. The first kappa shape index (κ1) is 15.5. The zero-order valence-corrected chi connectivity index (χ0v) is 9.23. The van der Waals surface area contributed by atoms with Crippen LogP contribution >= 0.6 is 12.4 Å². The van der Waals surface area contributed by atoms with Crippen LogP contribution in [0.4, 0.5) is 0 Å². The van der Waals surface area contributed by atoms with Crippen LogP contribution in [-0.2, 0) is 0 Å². The summed E-state index contributed by atoms with van der Waals surface area (Å²) in [7, 11) is 1.83. The lowest BCUT2D eigenvalue weighted by Gasteiger charge is -2.05. The Balaban J connectivity index is 0. The Hall–Kier alpha value is -0.930. The number of hydrogen-bond donors (Lipinski definition) is 3. The predicted octanol–water partition coefficient (Wildman–Crippen LogP) is 2.48. The molecule has 0 saturated carbocycles. The molecule has 14 heavy (non-hydrogen) atoms. The van der Waals surface area contributed by atoms with E-state index >= 15 is 0 Å². The van der Waals surface area contributed by atoms with E-state index < -0.39 is 0 Å². The minimum absolute atomic E-state index is 0. The van der Waals surface area contributed by atoms with Gasteiger partial charge in [-0.1, -0.05) is 24.8 Å². The normalized spacial score (nSPS) is 8.64. The lowest BCUT2D eigenvalue weighted by atomic mass is 10.1. The van der Waals surface area contributed by atoms with Crippen molar-refractivity contribution in [1.29, 1.82) is 0 Å². The standard InChI is InChI=1S/C10H17NO2.ClH/c1-8(12)6-10(4-5-11-3)7-9(2)13;/h4,11-13H,1-2,5-7H2,3H3;1H. The molecule has 0 aliphatic rings. The third-order valence-corrected chi connectivity index (χ3v) is 1.46. The summed E-state index contributed by atoms with van der Waals surface area (Å²) in [5.41, 5.74) is 0.911. The van der Waals surface area contributed by atoms with E-state index in [2.05, 4.69) is 18.5 Å². The van der Waals surface area contributed by atoms with Crippen molar-refractivity contribution in [2.45, 2.75) is 12.8 Å². The highest BCUT2D eigenvalue weighted by molar-refractivity contribution is 5.85. The van der Waals surface area contributed by atoms with Crippen LogP contribution < -0.4 is 5.32 Å². The van der Waals surface area contributed by atoms with Gasteiger partial charge in [0.25, 0.3) is 0 Å². The van der Waals surface area contributed by atoms with Crippen LogP contribution in [-0.4, -0.2) is 23.8 Å². The van der Waals surface area contributed by atoms with E-state index in [1.165, 1.54) is 0 Å². The van der Waals surface area contributed by atoms with E-state index in [0.717, 1.165) is 5.57 Å². The van der Waals surface area contributed by atoms with E-state index in [0.29, 0.717) is 19.4 Å². The largest absolute Gasteiger partial charge is 0.513 e. The second-order valence-electron chi connectivity index (χ2n) is 2.91. The van der Waals surface area contributed by atoms with Gasteiger partial charge in [0.15, 0.2) is 0 Å². The number of halogens is 1. The maximum atomic E-state index is 8.97. The number of allylic oxidation sites excluding steroid dienone is 2. The first-order valence-corrected chi connectivity index (χ1v) is 4.12. The summed E-state index contributed by atoms with van der Waals surface area (Å²) in [5, 5.41) is 20.9. The fourth-order valence-electron chi connectivity index (χ4n) is 0.977. The molecule has 0 aromatic heterocycles. The Morgan fingerprint density at radius 3 is 1.93 bits per heavy atom. The predicted molar refractivity (Wildman–Crippen MR) is 62.0 cm³/mol. The first-order valence-electron chi connectivity index (χ1n) is 4.12. The second-order valence-corrected chi connectivity index (χ2v) is 2.91. The van der Waals surface area contributed by atoms with Crippen LogP contribution in [0.1, 0.15) is 12.8 Å². The Bertz CT molecular complexity index is 206. The molecule has 82 valence electrons. The summed E-state index contributed by atoms with van der Waals surface area (Å²) in [5.74, 6) is 0.201. The lowest BCUT2D eigenvalue weighted by Crippen LogP contribution is -2.05. The summed E-state index contributed by atoms with van der Waals surface area (Å²) in [6.45, 7) is 7.49. The van der Waals surface area contributed by atoms with Crippen LogP contribution in [0.25, 0.3) is 0 Å². The molecule has 0 bridgehead atoms. The topological polar surface area (TPSA) is 52.5 Å². The molecule has 0 heterocycles. The van der Waals surface area contributed by atoms with E-state index in [9.17, 15) is 0 Å². The smallest absolute Gasteiger partial charge is 0.0891 e. The van der Waals surface area contributed by atoms with Crippen LogP contribution in [0, 0.1) is 0 Å². The van der Waals surface area contributed by atoms with Crippen LogP contribution in [0.5, 0.6) is 0 Å². The molecule has 0 aromatic rings. The molecule has 3 N–H and O–H groups in total. The van der Waals surface area contributed by atoms with Gasteiger partial charge >= 0.3 is 0 Å². The van der Waals surface area contributed by atoms with Crippen molar-refractivity contribution >= 4 is 12.4 Å². The van der Waals surface area contributed by atoms with Crippen LogP contribution in [0.3, 0.4) is 0 Å². The van der Waals surface area contributed by atoms with Gasteiger partial charge in [-0.05, 0) is 7.05 Å². The molecule has 0 aromatic carbocycles. The first-order chi connectivity index (χ1) is 6.06. The van der Waals surface area contributed by atoms with Gasteiger partial charge in [-0.3, -0.25) is 0 Å². The van der Waals surface area contributed by atoms with Crippen LogP contribution in [0.2, 0.25) is 0 Å². The van der Waals surface area contributed by atoms with Crippen molar-refractivity contribution in [2.75, 3.05) is 13.6 Å². The average molecular weight is 220 g/mol. The van der Waals surface area contributed by atoms with Crippen molar-refractivity contribution in [2.24, 2.45) is 0 Å². The van der Waals surface area contributed by atoms with Gasteiger partial charge in [-0.2, -0.15) is 0 Å². The molecule has 0 rings (SSSR count). The van der Waals surface area contributed by atoms with Crippen molar-refractivity contribution in [3.63, 3.8) is 0 Å². The number of aliphatic hydroxyl groups is 2. The fourth-order valence-corrected chi connectivity index (χ4v) is 0.977. The van der Waals surface area contributed by atoms with E-state index in [-0.39, 0.29) is 23.9 Å². The second kappa shape index (κ2) is 8.66. The fraction of sp³-hybridized carbons (Fsp3) is 0.400. The summed E-state index contributed by atoms with van der Waals surface area (Å²) in [6.07, 6.45) is 2.69. The van der Waals surface area contributed by atoms with Gasteiger partial charge < -0.3 is 15.5 Å². The van der Waals surface area contributed by atoms with E-state index in [1.54, 1.807) is 0 Å². The molecule has 0 unspecified atom stereocenters. The lowest BCUT2D eigenvalue weighted by molar-refractivity contribution is 0.385. The summed E-state index contributed by atoms with van der Waals surface area (Å²) < 4.78 is 0. The SMILES string of the molecule is C=C(O)CC(=CCNC)CC(=C)O.Cl. The minimum Gasteiger partial charge on any atom is -0.513 e. The third-order valence-electron chi connectivity index (χ3n) is 1.46. The van der Waals surface area contributed by atoms with Gasteiger partial charge in [0.1, 0.15) is 0 Å². The van der Waals surface area contributed by atoms with Gasteiger partial charge in [0.05, 0.1) is 11.5 Å². The Labute approximate surface area is 91.2 Å². The highest BCUT2D eigenvalue weighted by Crippen LogP contribution is 2.14. The maximum absolute atomic E-state index is 8.97. The molecule has 3 nitrogen and oxygen atoms in total. The van der Waals surface area contributed by atoms with Crippen molar-refractivity contribution in [3.05, 3.63) is 36.3 Å². The van der Waals surface area contributed by atoms with Gasteiger partial charge in [0.2, 0.25) is 0 Å². The highest BCUT2D eigenvalue weighted by atomic mass is 35.5. The zero-order chi connectivity index (χ0) is 10.3. The molecule has 0 aliphatic carbocycles. The molecule has 0 amide bonds. The van der Waals surface area contributed by atoms with Crippen molar-refractivity contribution < 1.29 is 10.2 Å². The minimum atomic E-state index is 0. The quantitative estimate of drug-likeness (QED) is 0.475. The molecule has 0 spiro atoms. The number of aliphatic hydroxyl groups excluding tert-OH is 2. The van der Waals surface area contributed by atoms with E-state index in [1.807, 2.05) is 13.1 Å². The Morgan fingerprint density at radius 2 is 1.64 bits per heavy atom. The molecule has 0 saturated heterocycles. The van der Waals surface area contributed by atoms with E-state index in [4.69, 9.17) is 10.2 Å². The van der Waals surface area contributed by atoms with Crippen molar-refractivity contribution in [1.82, 2.24) is 5.32 Å². The molecule has 0 radical (unpaired) electrons. The average Bonchev–Trinajstić information content (AvgIpc) is 1.98. The molecule has 4 heteroatoms. The Kier molecular flexibility index (Phi) is 9.61. The van der Waals surface area contributed by atoms with Gasteiger partial charge in [-0.25, -0.2) is 0 Å². The zero-order valence-electron chi connectivity index (χ0n) is 8.42. The van der Waals surface area contributed by atoms with Gasteiger partial charge in [0, 0.05) is 19.4 Å². The number of hydrogen-bond acceptors (Lipinski definition) is 3.